The molecule has 3 heteroatoms. The van der Waals surface area contributed by atoms with Crippen LogP contribution in [-0.2, 0) is 0 Å². The summed E-state index contributed by atoms with van der Waals surface area (Å²) in [5.74, 6) is 0.954. The van der Waals surface area contributed by atoms with Crippen LogP contribution in [0, 0.1) is 0 Å². The highest BCUT2D eigenvalue weighted by Crippen LogP contribution is 2.31. The van der Waals surface area contributed by atoms with Crippen molar-refractivity contribution < 1.29 is 4.74 Å². The Kier molecular flexibility index (Phi) is 2.93. The summed E-state index contributed by atoms with van der Waals surface area (Å²) in [6, 6.07) is 9.81. The van der Waals surface area contributed by atoms with E-state index in [9.17, 15) is 0 Å². The molecule has 0 spiro atoms. The molecule has 1 saturated carbocycles. The standard InChI is InChI=1S/C14H20N2O/c1-17-12-5-2-4-11(10-12)16-9-8-15-13-6-3-7-14(13)16/h2,4-5,10,13-15H,3,6-9H2,1H3/t13-,14+/m1/s1. The van der Waals surface area contributed by atoms with Gasteiger partial charge in [0.15, 0.2) is 0 Å². The van der Waals surface area contributed by atoms with E-state index in [0.29, 0.717) is 12.1 Å². The van der Waals surface area contributed by atoms with Crippen molar-refractivity contribution in [2.24, 2.45) is 0 Å². The van der Waals surface area contributed by atoms with Crippen molar-refractivity contribution in [2.45, 2.75) is 31.3 Å². The second kappa shape index (κ2) is 4.57. The number of nitrogens with zero attached hydrogens (tertiary/aromatic N) is 1. The maximum atomic E-state index is 5.31. The van der Waals surface area contributed by atoms with E-state index in [4.69, 9.17) is 4.74 Å². The van der Waals surface area contributed by atoms with E-state index >= 15 is 0 Å². The Balaban J connectivity index is 1.86. The molecule has 3 nitrogen and oxygen atoms in total. The van der Waals surface area contributed by atoms with Crippen LogP contribution in [0.3, 0.4) is 0 Å². The predicted molar refractivity (Wildman–Crippen MR) is 69.8 cm³/mol. The van der Waals surface area contributed by atoms with E-state index in [0.717, 1.165) is 18.8 Å². The van der Waals surface area contributed by atoms with Gasteiger partial charge < -0.3 is 15.0 Å². The average molecular weight is 232 g/mol. The molecule has 92 valence electrons. The Labute approximate surface area is 103 Å². The van der Waals surface area contributed by atoms with Crippen LogP contribution in [0.5, 0.6) is 5.75 Å². The summed E-state index contributed by atoms with van der Waals surface area (Å²) in [6.45, 7) is 2.20. The molecule has 1 saturated heterocycles. The summed E-state index contributed by atoms with van der Waals surface area (Å²) in [6.07, 6.45) is 3.99. The minimum Gasteiger partial charge on any atom is -0.497 e. The molecule has 0 amide bonds. The first-order valence-corrected chi connectivity index (χ1v) is 6.52. The summed E-state index contributed by atoms with van der Waals surface area (Å²) in [5.41, 5.74) is 1.31. The molecule has 1 aromatic rings. The highest BCUT2D eigenvalue weighted by atomic mass is 16.5. The Morgan fingerprint density at radius 1 is 1.35 bits per heavy atom. The zero-order chi connectivity index (χ0) is 11.7. The van der Waals surface area contributed by atoms with Crippen LogP contribution >= 0.6 is 0 Å². The lowest BCUT2D eigenvalue weighted by atomic mass is 10.1. The molecule has 1 aromatic carbocycles. The molecule has 0 radical (unpaired) electrons. The van der Waals surface area contributed by atoms with Gasteiger partial charge in [0.25, 0.3) is 0 Å². The summed E-state index contributed by atoms with van der Waals surface area (Å²) in [4.78, 5) is 2.55. The Bertz CT molecular complexity index is 394. The summed E-state index contributed by atoms with van der Waals surface area (Å²) in [5, 5.41) is 3.64. The van der Waals surface area contributed by atoms with Crippen LogP contribution in [0.1, 0.15) is 19.3 Å². The van der Waals surface area contributed by atoms with Crippen molar-refractivity contribution in [3.63, 3.8) is 0 Å². The smallest absolute Gasteiger partial charge is 0.120 e. The number of hydrogen-bond acceptors (Lipinski definition) is 3. The van der Waals surface area contributed by atoms with E-state index in [-0.39, 0.29) is 0 Å². The summed E-state index contributed by atoms with van der Waals surface area (Å²) in [7, 11) is 1.73. The van der Waals surface area contributed by atoms with Crippen LogP contribution in [-0.4, -0.2) is 32.3 Å². The van der Waals surface area contributed by atoms with Crippen molar-refractivity contribution in [1.82, 2.24) is 5.32 Å². The van der Waals surface area contributed by atoms with Crippen molar-refractivity contribution in [3.05, 3.63) is 24.3 Å². The second-order valence-electron chi connectivity index (χ2n) is 4.95. The third kappa shape index (κ3) is 2.00. The number of fused-ring (bicyclic) bond motifs is 1. The molecule has 2 atom stereocenters. The third-order valence-corrected chi connectivity index (χ3v) is 4.02. The number of rotatable bonds is 2. The third-order valence-electron chi connectivity index (χ3n) is 4.02. The van der Waals surface area contributed by atoms with Gasteiger partial charge in [0, 0.05) is 36.9 Å². The van der Waals surface area contributed by atoms with Crippen LogP contribution in [0.15, 0.2) is 24.3 Å². The van der Waals surface area contributed by atoms with Crippen molar-refractivity contribution in [2.75, 3.05) is 25.1 Å². The number of anilines is 1. The normalized spacial score (nSPS) is 27.9. The van der Waals surface area contributed by atoms with Gasteiger partial charge in [0.05, 0.1) is 7.11 Å². The number of hydrogen-bond donors (Lipinski definition) is 1. The maximum absolute atomic E-state index is 5.31. The van der Waals surface area contributed by atoms with E-state index in [1.165, 1.54) is 24.9 Å². The zero-order valence-corrected chi connectivity index (χ0v) is 10.4. The van der Waals surface area contributed by atoms with Gasteiger partial charge >= 0.3 is 0 Å². The van der Waals surface area contributed by atoms with E-state index < -0.39 is 0 Å². The molecule has 1 heterocycles. The molecule has 2 fully saturated rings. The number of methoxy groups -OCH3 is 1. The van der Waals surface area contributed by atoms with Gasteiger partial charge in [-0.05, 0) is 31.4 Å². The quantitative estimate of drug-likeness (QED) is 0.844. The number of ether oxygens (including phenoxy) is 1. The van der Waals surface area contributed by atoms with Gasteiger partial charge in [-0.2, -0.15) is 0 Å². The van der Waals surface area contributed by atoms with Crippen LogP contribution in [0.2, 0.25) is 0 Å². The summed E-state index contributed by atoms with van der Waals surface area (Å²) < 4.78 is 5.31. The largest absolute Gasteiger partial charge is 0.497 e. The van der Waals surface area contributed by atoms with Crippen molar-refractivity contribution in [1.29, 1.82) is 0 Å². The van der Waals surface area contributed by atoms with Gasteiger partial charge in [-0.15, -0.1) is 0 Å². The maximum Gasteiger partial charge on any atom is 0.120 e. The Morgan fingerprint density at radius 2 is 2.29 bits per heavy atom. The first-order chi connectivity index (χ1) is 8.38. The number of piperazine rings is 1. The minimum absolute atomic E-state index is 0.677. The first-order valence-electron chi connectivity index (χ1n) is 6.52. The average Bonchev–Trinajstić information content (AvgIpc) is 2.87. The Hall–Kier alpha value is -1.22. The van der Waals surface area contributed by atoms with Crippen molar-refractivity contribution >= 4 is 5.69 Å². The first kappa shape index (κ1) is 10.9. The SMILES string of the molecule is COc1cccc(N2CCN[C@@H]3CCC[C@@H]32)c1. The van der Waals surface area contributed by atoms with E-state index in [1.807, 2.05) is 6.07 Å². The highest BCUT2D eigenvalue weighted by molar-refractivity contribution is 5.52. The highest BCUT2D eigenvalue weighted by Gasteiger charge is 2.34. The molecule has 0 aromatic heterocycles. The molecule has 0 unspecified atom stereocenters. The van der Waals surface area contributed by atoms with Crippen LogP contribution in [0.25, 0.3) is 0 Å². The lowest BCUT2D eigenvalue weighted by Crippen LogP contribution is -2.55. The van der Waals surface area contributed by atoms with Crippen LogP contribution in [0.4, 0.5) is 5.69 Å². The molecule has 3 rings (SSSR count). The predicted octanol–water partition coefficient (Wildman–Crippen LogP) is 2.03. The Morgan fingerprint density at radius 3 is 3.18 bits per heavy atom. The van der Waals surface area contributed by atoms with E-state index in [1.54, 1.807) is 7.11 Å². The molecule has 1 aliphatic carbocycles. The monoisotopic (exact) mass is 232 g/mol. The van der Waals surface area contributed by atoms with Gasteiger partial charge in [0.1, 0.15) is 5.75 Å². The minimum atomic E-state index is 0.677. The van der Waals surface area contributed by atoms with E-state index in [2.05, 4.69) is 28.4 Å². The lowest BCUT2D eigenvalue weighted by molar-refractivity contribution is 0.400. The fourth-order valence-electron chi connectivity index (χ4n) is 3.20. The van der Waals surface area contributed by atoms with Gasteiger partial charge in [0.2, 0.25) is 0 Å². The molecular formula is C14H20N2O. The molecule has 1 aliphatic heterocycles. The topological polar surface area (TPSA) is 24.5 Å². The zero-order valence-electron chi connectivity index (χ0n) is 10.4. The fourth-order valence-corrected chi connectivity index (χ4v) is 3.20. The molecule has 2 aliphatic rings. The molecule has 17 heavy (non-hydrogen) atoms. The second-order valence-corrected chi connectivity index (χ2v) is 4.95. The van der Waals surface area contributed by atoms with Gasteiger partial charge in [-0.1, -0.05) is 6.07 Å². The van der Waals surface area contributed by atoms with Gasteiger partial charge in [-0.25, -0.2) is 0 Å². The number of benzene rings is 1. The van der Waals surface area contributed by atoms with Gasteiger partial charge in [-0.3, -0.25) is 0 Å². The lowest BCUT2D eigenvalue weighted by Gasteiger charge is -2.40. The summed E-state index contributed by atoms with van der Waals surface area (Å²) >= 11 is 0. The number of nitrogens with one attached hydrogen (secondary N) is 1. The fraction of sp³-hybridized carbons (Fsp3) is 0.571. The van der Waals surface area contributed by atoms with Crippen LogP contribution < -0.4 is 15.0 Å². The molecular weight excluding hydrogens is 212 g/mol. The molecule has 0 bridgehead atoms. The van der Waals surface area contributed by atoms with Crippen molar-refractivity contribution in [3.8, 4) is 5.75 Å². The molecule has 1 N–H and O–H groups in total.